The molecule has 2 N–H and O–H groups in total. The van der Waals surface area contributed by atoms with Crippen molar-refractivity contribution in [3.63, 3.8) is 0 Å². The van der Waals surface area contributed by atoms with Crippen LogP contribution in [0.5, 0.6) is 0 Å². The molecule has 1 atom stereocenters. The number of hydrogen-bond donors (Lipinski definition) is 2. The maximum atomic E-state index is 9.21. The Morgan fingerprint density at radius 3 is 3.36 bits per heavy atom. The number of rotatable bonds is 2. The first-order valence-corrected chi connectivity index (χ1v) is 4.82. The number of hydrogen-bond acceptors (Lipinski definition) is 4. The van der Waals surface area contributed by atoms with Crippen LogP contribution in [0.15, 0.2) is 18.3 Å². The van der Waals surface area contributed by atoms with Crippen LogP contribution in [0, 0.1) is 6.07 Å². The predicted octanol–water partition coefficient (Wildman–Crippen LogP) is -0.348. The van der Waals surface area contributed by atoms with Gasteiger partial charge in [-0.3, -0.25) is 0 Å². The van der Waals surface area contributed by atoms with E-state index in [1.165, 1.54) is 0 Å². The Bertz CT molecular complexity index is 278. The lowest BCUT2D eigenvalue weighted by molar-refractivity contribution is 0.246. The third-order valence-electron chi connectivity index (χ3n) is 2.46. The summed E-state index contributed by atoms with van der Waals surface area (Å²) in [6.07, 6.45) is 1.66. The Morgan fingerprint density at radius 2 is 2.64 bits per heavy atom. The van der Waals surface area contributed by atoms with E-state index < -0.39 is 0 Å². The first-order chi connectivity index (χ1) is 6.92. The Kier molecular flexibility index (Phi) is 2.96. The van der Waals surface area contributed by atoms with E-state index in [9.17, 15) is 5.11 Å². The number of piperazine rings is 1. The number of pyridine rings is 1. The summed E-state index contributed by atoms with van der Waals surface area (Å²) >= 11 is 0. The van der Waals surface area contributed by atoms with Crippen LogP contribution in [0.25, 0.3) is 0 Å². The van der Waals surface area contributed by atoms with Crippen molar-refractivity contribution in [1.29, 1.82) is 0 Å². The first-order valence-electron chi connectivity index (χ1n) is 4.82. The Labute approximate surface area is 83.6 Å². The van der Waals surface area contributed by atoms with E-state index in [0.717, 1.165) is 25.5 Å². The minimum absolute atomic E-state index is 0.138. The van der Waals surface area contributed by atoms with Crippen molar-refractivity contribution in [3.8, 4) is 0 Å². The smallest absolute Gasteiger partial charge is 0.128 e. The fourth-order valence-electron chi connectivity index (χ4n) is 1.71. The van der Waals surface area contributed by atoms with E-state index in [-0.39, 0.29) is 12.6 Å². The van der Waals surface area contributed by atoms with Crippen molar-refractivity contribution in [2.75, 3.05) is 31.1 Å². The second kappa shape index (κ2) is 4.39. The van der Waals surface area contributed by atoms with Gasteiger partial charge in [-0.1, -0.05) is 0 Å². The topological polar surface area (TPSA) is 48.4 Å². The zero-order valence-electron chi connectivity index (χ0n) is 7.98. The minimum atomic E-state index is 0.138. The number of anilines is 1. The van der Waals surface area contributed by atoms with Gasteiger partial charge >= 0.3 is 0 Å². The molecule has 1 radical (unpaired) electrons. The molecule has 1 saturated heterocycles. The number of aliphatic hydroxyl groups excluding tert-OH is 1. The number of aliphatic hydroxyl groups is 1. The highest BCUT2D eigenvalue weighted by molar-refractivity contribution is 5.39. The SMILES string of the molecule is OCC1CNCCN1c1cc[c]cn1. The van der Waals surface area contributed by atoms with Crippen LogP contribution in [0.4, 0.5) is 5.82 Å². The summed E-state index contributed by atoms with van der Waals surface area (Å²) in [4.78, 5) is 6.36. The van der Waals surface area contributed by atoms with Crippen LogP contribution in [-0.4, -0.2) is 42.4 Å². The van der Waals surface area contributed by atoms with Gasteiger partial charge in [-0.05, 0) is 12.1 Å². The summed E-state index contributed by atoms with van der Waals surface area (Å²) in [7, 11) is 0. The molecule has 0 spiro atoms. The second-order valence-electron chi connectivity index (χ2n) is 3.35. The molecule has 1 fully saturated rings. The molecule has 75 valence electrons. The first kappa shape index (κ1) is 9.43. The van der Waals surface area contributed by atoms with Crippen molar-refractivity contribution < 1.29 is 5.11 Å². The van der Waals surface area contributed by atoms with Crippen molar-refractivity contribution in [1.82, 2.24) is 10.3 Å². The minimum Gasteiger partial charge on any atom is -0.394 e. The highest BCUT2D eigenvalue weighted by Gasteiger charge is 2.21. The summed E-state index contributed by atoms with van der Waals surface area (Å²) in [6.45, 7) is 2.81. The van der Waals surface area contributed by atoms with Gasteiger partial charge in [0.15, 0.2) is 0 Å². The van der Waals surface area contributed by atoms with E-state index in [0.29, 0.717) is 0 Å². The lowest BCUT2D eigenvalue weighted by atomic mass is 10.2. The Morgan fingerprint density at radius 1 is 1.71 bits per heavy atom. The zero-order chi connectivity index (χ0) is 9.80. The molecule has 1 aliphatic heterocycles. The van der Waals surface area contributed by atoms with Crippen molar-refractivity contribution in [2.24, 2.45) is 0 Å². The predicted molar refractivity (Wildman–Crippen MR) is 54.2 cm³/mol. The fourth-order valence-corrected chi connectivity index (χ4v) is 1.71. The molecule has 2 rings (SSSR count). The van der Waals surface area contributed by atoms with Gasteiger partial charge < -0.3 is 15.3 Å². The lowest BCUT2D eigenvalue weighted by Gasteiger charge is -2.35. The average Bonchev–Trinajstić information content (AvgIpc) is 2.30. The molecule has 1 aliphatic rings. The Hall–Kier alpha value is -1.13. The number of aromatic nitrogens is 1. The van der Waals surface area contributed by atoms with E-state index in [2.05, 4.69) is 21.3 Å². The molecule has 2 heterocycles. The molecule has 4 heteroatoms. The molecule has 1 aromatic rings. The van der Waals surface area contributed by atoms with Gasteiger partial charge in [0.1, 0.15) is 5.82 Å². The summed E-state index contributed by atoms with van der Waals surface area (Å²) in [5.74, 6) is 0.921. The van der Waals surface area contributed by atoms with Gasteiger partial charge in [-0.15, -0.1) is 0 Å². The third-order valence-corrected chi connectivity index (χ3v) is 2.46. The summed E-state index contributed by atoms with van der Waals surface area (Å²) < 4.78 is 0. The molecule has 0 aromatic carbocycles. The van der Waals surface area contributed by atoms with E-state index in [1.54, 1.807) is 6.20 Å². The standard InChI is InChI=1S/C10H14N3O/c14-8-9-7-11-5-6-13(9)10-3-1-2-4-12-10/h1,3-4,9,11,14H,5-8H2. The van der Waals surface area contributed by atoms with Gasteiger partial charge in [0.25, 0.3) is 0 Å². The van der Waals surface area contributed by atoms with Crippen molar-refractivity contribution in [2.45, 2.75) is 6.04 Å². The fraction of sp³-hybridized carbons (Fsp3) is 0.500. The quantitative estimate of drug-likeness (QED) is 0.672. The number of nitrogens with one attached hydrogen (secondary N) is 1. The van der Waals surface area contributed by atoms with Crippen LogP contribution in [0.3, 0.4) is 0 Å². The summed E-state index contributed by atoms with van der Waals surface area (Å²) in [5.41, 5.74) is 0. The maximum absolute atomic E-state index is 9.21. The second-order valence-corrected chi connectivity index (χ2v) is 3.35. The molecular weight excluding hydrogens is 178 g/mol. The molecule has 0 aliphatic carbocycles. The van der Waals surface area contributed by atoms with Crippen molar-refractivity contribution in [3.05, 3.63) is 24.4 Å². The van der Waals surface area contributed by atoms with Gasteiger partial charge in [-0.2, -0.15) is 0 Å². The Balaban J connectivity index is 2.15. The largest absolute Gasteiger partial charge is 0.394 e. The highest BCUT2D eigenvalue weighted by atomic mass is 16.3. The van der Waals surface area contributed by atoms with Gasteiger partial charge in [0, 0.05) is 31.9 Å². The van der Waals surface area contributed by atoms with Crippen LogP contribution in [-0.2, 0) is 0 Å². The molecule has 0 saturated carbocycles. The van der Waals surface area contributed by atoms with Crippen LogP contribution in [0.2, 0.25) is 0 Å². The molecule has 1 unspecified atom stereocenters. The average molecular weight is 192 g/mol. The van der Waals surface area contributed by atoms with E-state index in [4.69, 9.17) is 0 Å². The molecule has 0 bridgehead atoms. The molecule has 1 aromatic heterocycles. The summed E-state index contributed by atoms with van der Waals surface area (Å²) in [6, 6.07) is 6.80. The van der Waals surface area contributed by atoms with Crippen LogP contribution in [0.1, 0.15) is 0 Å². The van der Waals surface area contributed by atoms with Crippen molar-refractivity contribution >= 4 is 5.82 Å². The van der Waals surface area contributed by atoms with Gasteiger partial charge in [-0.25, -0.2) is 4.98 Å². The van der Waals surface area contributed by atoms with E-state index >= 15 is 0 Å². The van der Waals surface area contributed by atoms with E-state index in [1.807, 2.05) is 12.1 Å². The zero-order valence-corrected chi connectivity index (χ0v) is 7.98. The molecule has 0 amide bonds. The number of nitrogens with zero attached hydrogens (tertiary/aromatic N) is 2. The third kappa shape index (κ3) is 1.86. The highest BCUT2D eigenvalue weighted by Crippen LogP contribution is 2.13. The van der Waals surface area contributed by atoms with Crippen LogP contribution < -0.4 is 10.2 Å². The van der Waals surface area contributed by atoms with Gasteiger partial charge in [0.05, 0.1) is 12.6 Å². The normalized spacial score (nSPS) is 22.4. The molecular formula is C10H14N3O. The maximum Gasteiger partial charge on any atom is 0.128 e. The monoisotopic (exact) mass is 192 g/mol. The molecule has 14 heavy (non-hydrogen) atoms. The van der Waals surface area contributed by atoms with Crippen LogP contribution >= 0.6 is 0 Å². The van der Waals surface area contributed by atoms with Gasteiger partial charge in [0.2, 0.25) is 0 Å². The summed E-state index contributed by atoms with van der Waals surface area (Å²) in [5, 5.41) is 12.5. The lowest BCUT2D eigenvalue weighted by Crippen LogP contribution is -2.53. The molecule has 4 nitrogen and oxygen atoms in total.